The molecular weight excluding hydrogens is 401 g/mol. The van der Waals surface area contributed by atoms with E-state index in [1.807, 2.05) is 18.2 Å². The van der Waals surface area contributed by atoms with Gasteiger partial charge in [-0.05, 0) is 48.4 Å². The van der Waals surface area contributed by atoms with Crippen LogP contribution in [0.15, 0.2) is 41.5 Å². The van der Waals surface area contributed by atoms with Crippen molar-refractivity contribution in [3.05, 3.63) is 57.6 Å². The Morgan fingerprint density at radius 2 is 1.82 bits per heavy atom. The standard InChI is InChI=1S/C20H23Cl2N3O3/c1-27-18-6-4-14(12-19(18)28-2)7-9-23-10-8-20(26)25-24-13-15-3-5-16(21)17(22)11-15/h3-6,11-13,23H,7-10H2,1-2H3,(H,25,26)/b24-13-. The van der Waals surface area contributed by atoms with Crippen LogP contribution in [-0.2, 0) is 11.2 Å². The fourth-order valence-electron chi connectivity index (χ4n) is 2.42. The molecule has 0 saturated heterocycles. The van der Waals surface area contributed by atoms with Crippen LogP contribution in [-0.4, -0.2) is 39.4 Å². The smallest absolute Gasteiger partial charge is 0.241 e. The summed E-state index contributed by atoms with van der Waals surface area (Å²) in [5.74, 6) is 1.24. The number of hydrogen-bond donors (Lipinski definition) is 2. The van der Waals surface area contributed by atoms with Gasteiger partial charge in [0, 0.05) is 13.0 Å². The van der Waals surface area contributed by atoms with Gasteiger partial charge in [-0.15, -0.1) is 0 Å². The zero-order valence-corrected chi connectivity index (χ0v) is 17.3. The van der Waals surface area contributed by atoms with Gasteiger partial charge in [0.2, 0.25) is 5.91 Å². The van der Waals surface area contributed by atoms with Crippen LogP contribution in [0.3, 0.4) is 0 Å². The van der Waals surface area contributed by atoms with Crippen molar-refractivity contribution in [2.75, 3.05) is 27.3 Å². The third kappa shape index (κ3) is 7.03. The van der Waals surface area contributed by atoms with E-state index in [1.165, 1.54) is 6.21 Å². The summed E-state index contributed by atoms with van der Waals surface area (Å²) in [5, 5.41) is 8.06. The Morgan fingerprint density at radius 3 is 2.54 bits per heavy atom. The van der Waals surface area contributed by atoms with Crippen LogP contribution >= 0.6 is 23.2 Å². The van der Waals surface area contributed by atoms with Gasteiger partial charge in [0.15, 0.2) is 11.5 Å². The van der Waals surface area contributed by atoms with E-state index >= 15 is 0 Å². The van der Waals surface area contributed by atoms with Crippen molar-refractivity contribution in [2.45, 2.75) is 12.8 Å². The minimum Gasteiger partial charge on any atom is -0.493 e. The highest BCUT2D eigenvalue weighted by Gasteiger charge is 2.05. The first-order chi connectivity index (χ1) is 13.5. The number of halogens is 2. The normalized spacial score (nSPS) is 10.9. The lowest BCUT2D eigenvalue weighted by Gasteiger charge is -2.10. The second-order valence-corrected chi connectivity index (χ2v) is 6.72. The molecule has 0 aromatic heterocycles. The number of methoxy groups -OCH3 is 2. The lowest BCUT2D eigenvalue weighted by Crippen LogP contribution is -2.25. The maximum Gasteiger partial charge on any atom is 0.241 e. The molecule has 0 heterocycles. The summed E-state index contributed by atoms with van der Waals surface area (Å²) < 4.78 is 10.5. The van der Waals surface area contributed by atoms with E-state index in [4.69, 9.17) is 32.7 Å². The van der Waals surface area contributed by atoms with E-state index in [9.17, 15) is 4.79 Å². The van der Waals surface area contributed by atoms with E-state index in [0.29, 0.717) is 34.5 Å². The molecule has 0 atom stereocenters. The second-order valence-electron chi connectivity index (χ2n) is 5.91. The van der Waals surface area contributed by atoms with Gasteiger partial charge in [0.1, 0.15) is 0 Å². The van der Waals surface area contributed by atoms with Crippen LogP contribution in [0.2, 0.25) is 10.0 Å². The van der Waals surface area contributed by atoms with Gasteiger partial charge in [-0.25, -0.2) is 5.43 Å². The van der Waals surface area contributed by atoms with Crippen molar-refractivity contribution >= 4 is 35.3 Å². The molecule has 2 aromatic rings. The summed E-state index contributed by atoms with van der Waals surface area (Å²) in [6.07, 6.45) is 2.66. The van der Waals surface area contributed by atoms with Crippen molar-refractivity contribution in [1.29, 1.82) is 0 Å². The molecule has 0 aliphatic rings. The quantitative estimate of drug-likeness (QED) is 0.347. The number of amides is 1. The number of hydrogen-bond acceptors (Lipinski definition) is 5. The van der Waals surface area contributed by atoms with E-state index in [2.05, 4.69) is 15.8 Å². The van der Waals surface area contributed by atoms with Crippen molar-refractivity contribution in [3.8, 4) is 11.5 Å². The summed E-state index contributed by atoms with van der Waals surface area (Å²) in [5.41, 5.74) is 4.36. The summed E-state index contributed by atoms with van der Waals surface area (Å²) in [7, 11) is 3.22. The molecule has 0 fully saturated rings. The van der Waals surface area contributed by atoms with Crippen molar-refractivity contribution in [3.63, 3.8) is 0 Å². The maximum absolute atomic E-state index is 11.8. The molecule has 150 valence electrons. The first-order valence-corrected chi connectivity index (χ1v) is 9.47. The highest BCUT2D eigenvalue weighted by Crippen LogP contribution is 2.27. The Labute approximate surface area is 174 Å². The third-order valence-corrected chi connectivity index (χ3v) is 4.65. The topological polar surface area (TPSA) is 72.0 Å². The third-order valence-electron chi connectivity index (χ3n) is 3.91. The first kappa shape index (κ1) is 22.0. The number of benzene rings is 2. The highest BCUT2D eigenvalue weighted by atomic mass is 35.5. The lowest BCUT2D eigenvalue weighted by atomic mass is 10.1. The summed E-state index contributed by atoms with van der Waals surface area (Å²) in [6.45, 7) is 1.30. The van der Waals surface area contributed by atoms with Gasteiger partial charge in [-0.2, -0.15) is 5.10 Å². The average molecular weight is 424 g/mol. The van der Waals surface area contributed by atoms with Gasteiger partial charge in [0.25, 0.3) is 0 Å². The number of nitrogens with one attached hydrogen (secondary N) is 2. The van der Waals surface area contributed by atoms with E-state index in [-0.39, 0.29) is 5.91 Å². The molecule has 2 aromatic carbocycles. The lowest BCUT2D eigenvalue weighted by molar-refractivity contribution is -0.120. The molecule has 0 radical (unpaired) electrons. The number of carbonyl (C=O) groups is 1. The largest absolute Gasteiger partial charge is 0.493 e. The van der Waals surface area contributed by atoms with Crippen LogP contribution in [0, 0.1) is 0 Å². The molecule has 0 unspecified atom stereocenters. The van der Waals surface area contributed by atoms with Crippen LogP contribution in [0.25, 0.3) is 0 Å². The molecule has 0 aliphatic carbocycles. The van der Waals surface area contributed by atoms with Gasteiger partial charge in [-0.3, -0.25) is 4.79 Å². The Kier molecular flexibility index (Phi) is 9.07. The molecule has 6 nitrogen and oxygen atoms in total. The molecule has 2 rings (SSSR count). The highest BCUT2D eigenvalue weighted by molar-refractivity contribution is 6.42. The predicted molar refractivity (Wildman–Crippen MR) is 113 cm³/mol. The molecule has 28 heavy (non-hydrogen) atoms. The van der Waals surface area contributed by atoms with Crippen LogP contribution in [0.1, 0.15) is 17.5 Å². The SMILES string of the molecule is COc1ccc(CCNCCC(=O)N/N=C\c2ccc(Cl)c(Cl)c2)cc1OC. The average Bonchev–Trinajstić information content (AvgIpc) is 2.70. The minimum atomic E-state index is -0.171. The number of rotatable bonds is 10. The van der Waals surface area contributed by atoms with Crippen LogP contribution in [0.4, 0.5) is 0 Å². The van der Waals surface area contributed by atoms with Crippen LogP contribution in [0.5, 0.6) is 11.5 Å². The molecular formula is C20H23Cl2N3O3. The maximum atomic E-state index is 11.8. The molecule has 0 saturated carbocycles. The van der Waals surface area contributed by atoms with Gasteiger partial charge >= 0.3 is 0 Å². The van der Waals surface area contributed by atoms with Gasteiger partial charge in [0.05, 0.1) is 30.5 Å². The molecule has 1 amide bonds. The van der Waals surface area contributed by atoms with E-state index in [0.717, 1.165) is 24.1 Å². The zero-order chi connectivity index (χ0) is 20.4. The Morgan fingerprint density at radius 1 is 1.04 bits per heavy atom. The van der Waals surface area contributed by atoms with Gasteiger partial charge < -0.3 is 14.8 Å². The van der Waals surface area contributed by atoms with Crippen LogP contribution < -0.4 is 20.2 Å². The summed E-state index contributed by atoms with van der Waals surface area (Å²) in [4.78, 5) is 11.8. The second kappa shape index (κ2) is 11.5. The molecule has 2 N–H and O–H groups in total. The number of hydrazone groups is 1. The first-order valence-electron chi connectivity index (χ1n) is 8.72. The zero-order valence-electron chi connectivity index (χ0n) is 15.8. The number of nitrogens with zero attached hydrogens (tertiary/aromatic N) is 1. The van der Waals surface area contributed by atoms with Crippen molar-refractivity contribution in [2.24, 2.45) is 5.10 Å². The molecule has 0 aliphatic heterocycles. The predicted octanol–water partition coefficient (Wildman–Crippen LogP) is 3.68. The summed E-state index contributed by atoms with van der Waals surface area (Å²) in [6, 6.07) is 10.9. The van der Waals surface area contributed by atoms with Crippen molar-refractivity contribution in [1.82, 2.24) is 10.7 Å². The molecule has 8 heteroatoms. The minimum absolute atomic E-state index is 0.171. The fraction of sp³-hybridized carbons (Fsp3) is 0.300. The van der Waals surface area contributed by atoms with E-state index < -0.39 is 0 Å². The molecule has 0 bridgehead atoms. The van der Waals surface area contributed by atoms with Gasteiger partial charge in [-0.1, -0.05) is 35.3 Å². The molecule has 0 spiro atoms. The van der Waals surface area contributed by atoms with Crippen molar-refractivity contribution < 1.29 is 14.3 Å². The number of carbonyl (C=O) groups excluding carboxylic acids is 1. The Bertz CT molecular complexity index is 828. The Balaban J connectivity index is 1.65. The Hall–Kier alpha value is -2.28. The fourth-order valence-corrected chi connectivity index (χ4v) is 2.73. The monoisotopic (exact) mass is 423 g/mol. The number of ether oxygens (including phenoxy) is 2. The van der Waals surface area contributed by atoms with E-state index in [1.54, 1.807) is 32.4 Å². The summed E-state index contributed by atoms with van der Waals surface area (Å²) >= 11 is 11.8.